The first-order valence-electron chi connectivity index (χ1n) is 4.22. The van der Waals surface area contributed by atoms with Gasteiger partial charge in [0.2, 0.25) is 0 Å². The van der Waals surface area contributed by atoms with Crippen molar-refractivity contribution in [1.29, 1.82) is 0 Å². The lowest BCUT2D eigenvalue weighted by Crippen LogP contribution is -2.61. The molecule has 0 aromatic carbocycles. The highest BCUT2D eigenvalue weighted by Crippen LogP contribution is 2.05. The van der Waals surface area contributed by atoms with E-state index in [1.54, 1.807) is 4.90 Å². The second kappa shape index (κ2) is 4.27. The average molecular weight is 172 g/mol. The van der Waals surface area contributed by atoms with Crippen molar-refractivity contribution in [2.45, 2.75) is 12.5 Å². The Balaban J connectivity index is 1.98. The van der Waals surface area contributed by atoms with E-state index >= 15 is 0 Å². The third-order valence-corrected chi connectivity index (χ3v) is 2.01. The molecular weight excluding hydrogens is 156 g/mol. The Bertz CT molecular complexity index is 155. The zero-order chi connectivity index (χ0) is 8.97. The third-order valence-electron chi connectivity index (χ3n) is 2.01. The molecule has 0 bridgehead atoms. The van der Waals surface area contributed by atoms with E-state index in [2.05, 4.69) is 5.32 Å². The van der Waals surface area contributed by atoms with Crippen molar-refractivity contribution in [1.82, 2.24) is 10.2 Å². The van der Waals surface area contributed by atoms with Crippen LogP contribution in [-0.4, -0.2) is 43.2 Å². The van der Waals surface area contributed by atoms with Crippen LogP contribution in [0.3, 0.4) is 0 Å². The molecule has 0 radical (unpaired) electrons. The van der Waals surface area contributed by atoms with Crippen LogP contribution in [-0.2, 0) is 0 Å². The molecule has 5 nitrogen and oxygen atoms in total. The van der Waals surface area contributed by atoms with E-state index in [9.17, 15) is 4.79 Å². The van der Waals surface area contributed by atoms with Crippen LogP contribution in [0.2, 0.25) is 0 Å². The fourth-order valence-corrected chi connectivity index (χ4v) is 1.20. The lowest BCUT2D eigenvalue weighted by Gasteiger charge is -2.38. The van der Waals surface area contributed by atoms with Crippen molar-refractivity contribution < 1.29 is 4.79 Å². The molecule has 12 heavy (non-hydrogen) atoms. The number of rotatable bonds is 4. The van der Waals surface area contributed by atoms with Crippen molar-refractivity contribution in [3.05, 3.63) is 0 Å². The van der Waals surface area contributed by atoms with Gasteiger partial charge in [-0.25, -0.2) is 4.79 Å². The second-order valence-electron chi connectivity index (χ2n) is 3.04. The van der Waals surface area contributed by atoms with Crippen molar-refractivity contribution in [3.8, 4) is 0 Å². The van der Waals surface area contributed by atoms with Gasteiger partial charge in [0.25, 0.3) is 0 Å². The fourth-order valence-electron chi connectivity index (χ4n) is 1.20. The first kappa shape index (κ1) is 9.28. The van der Waals surface area contributed by atoms with Crippen LogP contribution < -0.4 is 16.8 Å². The minimum Gasteiger partial charge on any atom is -0.351 e. The van der Waals surface area contributed by atoms with E-state index in [-0.39, 0.29) is 6.03 Å². The number of hydrogen-bond donors (Lipinski definition) is 3. The molecule has 1 heterocycles. The quantitative estimate of drug-likeness (QED) is 0.460. The second-order valence-corrected chi connectivity index (χ2v) is 3.04. The number of carbonyl (C=O) groups is 1. The fraction of sp³-hybridized carbons (Fsp3) is 0.857. The van der Waals surface area contributed by atoms with Gasteiger partial charge in [-0.3, -0.25) is 0 Å². The molecule has 1 aliphatic heterocycles. The molecule has 0 aliphatic carbocycles. The average Bonchev–Trinajstić information content (AvgIpc) is 1.93. The van der Waals surface area contributed by atoms with E-state index in [0.717, 1.165) is 26.1 Å². The number of nitrogens with zero attached hydrogens (tertiary/aromatic N) is 1. The summed E-state index contributed by atoms with van der Waals surface area (Å²) in [5, 5.41) is 3.28. The summed E-state index contributed by atoms with van der Waals surface area (Å²) in [6, 6.07) is 0.0934. The number of nitrogens with one attached hydrogen (secondary N) is 1. The maximum atomic E-state index is 10.6. The van der Waals surface area contributed by atoms with Crippen LogP contribution >= 0.6 is 0 Å². The molecule has 1 saturated heterocycles. The minimum absolute atomic E-state index is 0.327. The van der Waals surface area contributed by atoms with Gasteiger partial charge in [0.1, 0.15) is 0 Å². The molecule has 0 atom stereocenters. The van der Waals surface area contributed by atoms with Gasteiger partial charge >= 0.3 is 6.03 Å². The molecule has 70 valence electrons. The lowest BCUT2D eigenvalue weighted by atomic mass is 10.1. The SMILES string of the molecule is NCCCNC1CN(C(N)=O)C1. The van der Waals surface area contributed by atoms with Crippen LogP contribution in [0.15, 0.2) is 0 Å². The molecular formula is C7H16N4O. The summed E-state index contributed by atoms with van der Waals surface area (Å²) in [6.07, 6.45) is 0.979. The Labute approximate surface area is 72.1 Å². The highest BCUT2D eigenvalue weighted by atomic mass is 16.2. The van der Waals surface area contributed by atoms with Gasteiger partial charge in [-0.15, -0.1) is 0 Å². The first-order valence-corrected chi connectivity index (χ1v) is 4.22. The number of urea groups is 1. The predicted molar refractivity (Wildman–Crippen MR) is 46.6 cm³/mol. The molecule has 0 aromatic heterocycles. The van der Waals surface area contributed by atoms with Gasteiger partial charge in [0, 0.05) is 19.1 Å². The molecule has 1 fully saturated rings. The monoisotopic (exact) mass is 172 g/mol. The largest absolute Gasteiger partial charge is 0.351 e. The summed E-state index contributed by atoms with van der Waals surface area (Å²) in [7, 11) is 0. The summed E-state index contributed by atoms with van der Waals surface area (Å²) in [4.78, 5) is 12.2. The van der Waals surface area contributed by atoms with E-state index in [1.165, 1.54) is 0 Å². The summed E-state index contributed by atoms with van der Waals surface area (Å²) in [6.45, 7) is 3.10. The van der Waals surface area contributed by atoms with Gasteiger partial charge in [0.05, 0.1) is 0 Å². The zero-order valence-electron chi connectivity index (χ0n) is 7.12. The van der Waals surface area contributed by atoms with Gasteiger partial charge in [-0.1, -0.05) is 0 Å². The third kappa shape index (κ3) is 2.35. The van der Waals surface area contributed by atoms with E-state index in [1.807, 2.05) is 0 Å². The molecule has 0 unspecified atom stereocenters. The van der Waals surface area contributed by atoms with Crippen LogP contribution in [0.5, 0.6) is 0 Å². The summed E-state index contributed by atoms with van der Waals surface area (Å²) < 4.78 is 0. The van der Waals surface area contributed by atoms with Crippen molar-refractivity contribution in [2.24, 2.45) is 11.5 Å². The van der Waals surface area contributed by atoms with Crippen molar-refractivity contribution >= 4 is 6.03 Å². The molecule has 5 heteroatoms. The molecule has 0 saturated carbocycles. The summed E-state index contributed by atoms with van der Waals surface area (Å²) in [5.74, 6) is 0. The van der Waals surface area contributed by atoms with Crippen LogP contribution in [0.1, 0.15) is 6.42 Å². The Morgan fingerprint density at radius 3 is 2.75 bits per heavy atom. The smallest absolute Gasteiger partial charge is 0.314 e. The van der Waals surface area contributed by atoms with Crippen LogP contribution in [0.25, 0.3) is 0 Å². The number of amides is 2. The molecule has 2 amide bonds. The Hall–Kier alpha value is -0.810. The number of carbonyl (C=O) groups excluding carboxylic acids is 1. The van der Waals surface area contributed by atoms with Crippen molar-refractivity contribution in [3.63, 3.8) is 0 Å². The molecule has 5 N–H and O–H groups in total. The van der Waals surface area contributed by atoms with E-state index in [0.29, 0.717) is 12.6 Å². The topological polar surface area (TPSA) is 84.4 Å². The standard InChI is InChI=1S/C7H16N4O/c8-2-1-3-10-6-4-11(5-6)7(9)12/h6,10H,1-5,8H2,(H2,9,12). The van der Waals surface area contributed by atoms with Crippen molar-refractivity contribution in [2.75, 3.05) is 26.2 Å². The molecule has 0 aromatic rings. The number of likely N-dealkylation sites (tertiary alicyclic amines) is 1. The lowest BCUT2D eigenvalue weighted by molar-refractivity contribution is 0.146. The highest BCUT2D eigenvalue weighted by molar-refractivity contribution is 5.73. The molecule has 0 spiro atoms. The van der Waals surface area contributed by atoms with Gasteiger partial charge in [0.15, 0.2) is 0 Å². The normalized spacial score (nSPS) is 17.6. The number of nitrogens with two attached hydrogens (primary N) is 2. The number of hydrogen-bond acceptors (Lipinski definition) is 3. The number of primary amides is 1. The summed E-state index contributed by atoms with van der Waals surface area (Å²) in [5.41, 5.74) is 10.4. The molecule has 1 aliphatic rings. The summed E-state index contributed by atoms with van der Waals surface area (Å²) >= 11 is 0. The van der Waals surface area contributed by atoms with Gasteiger partial charge < -0.3 is 21.7 Å². The Kier molecular flexibility index (Phi) is 3.31. The first-order chi connectivity index (χ1) is 5.74. The maximum absolute atomic E-state index is 10.6. The Morgan fingerprint density at radius 1 is 1.58 bits per heavy atom. The van der Waals surface area contributed by atoms with E-state index < -0.39 is 0 Å². The zero-order valence-corrected chi connectivity index (χ0v) is 7.12. The Morgan fingerprint density at radius 2 is 2.25 bits per heavy atom. The van der Waals surface area contributed by atoms with Crippen LogP contribution in [0.4, 0.5) is 4.79 Å². The predicted octanol–water partition coefficient (Wildman–Crippen LogP) is -1.31. The van der Waals surface area contributed by atoms with Crippen LogP contribution in [0, 0.1) is 0 Å². The van der Waals surface area contributed by atoms with E-state index in [4.69, 9.17) is 11.5 Å². The maximum Gasteiger partial charge on any atom is 0.314 e. The van der Waals surface area contributed by atoms with Gasteiger partial charge in [-0.05, 0) is 19.5 Å². The van der Waals surface area contributed by atoms with Gasteiger partial charge in [-0.2, -0.15) is 0 Å². The minimum atomic E-state index is -0.327. The highest BCUT2D eigenvalue weighted by Gasteiger charge is 2.27. The molecule has 1 rings (SSSR count).